The molecule has 4 saturated heterocycles. The van der Waals surface area contributed by atoms with Crippen molar-refractivity contribution in [3.05, 3.63) is 173 Å². The SMILES string of the molecule is C=C1CC2(CCCCC2)C2=C(Cc3cnc(Nc4ccc(N5CCNCC5)cn4)nc32)N1C.C=C1Cc2cc3cnc(Nc4ccc(N5CCNCC5)cn4)nc3n2C2(CCCCC2)C1.O=C1CCC2(CCCCC2)c2c1oc1cnc(Nc3ccc(N4CCNCC4)cn3)nc21.O=C1CCC2(CCCCC2)c2c1sc1cnc(Nc3ccc(N4CCNCC4)cn3)nc21. The molecule has 17 heterocycles. The third-order valence-electron chi connectivity index (χ3n) is 30.0. The number of ketones is 2. The molecule has 8 fully saturated rings. The summed E-state index contributed by atoms with van der Waals surface area (Å²) in [5.41, 5.74) is 19.8. The molecule has 11 aromatic rings. The number of carbonyl (C=O) groups is 2. The number of anilines is 12. The third kappa shape index (κ3) is 17.2. The van der Waals surface area contributed by atoms with E-state index in [1.54, 1.807) is 17.5 Å². The number of hydrogen-bond donors (Lipinski definition) is 8. The van der Waals surface area contributed by atoms with Crippen LogP contribution in [0.2, 0.25) is 0 Å². The number of pyridine rings is 4. The molecular weight excluding hydrogens is 1630 g/mol. The predicted octanol–water partition coefficient (Wildman–Crippen LogP) is 16.6. The average molecular weight is 1750 g/mol. The molecule has 670 valence electrons. The smallest absolute Gasteiger partial charge is 0.230 e. The van der Waals surface area contributed by atoms with E-state index in [2.05, 4.69) is 162 Å². The minimum absolute atomic E-state index is 0.0154. The van der Waals surface area contributed by atoms with Crippen molar-refractivity contribution < 1.29 is 14.0 Å². The number of aromatic nitrogens is 13. The van der Waals surface area contributed by atoms with Gasteiger partial charge in [0, 0.05) is 211 Å². The Morgan fingerprint density at radius 2 is 0.876 bits per heavy atom. The Balaban J connectivity index is 0.000000104. The number of likely N-dealkylation sites (N-methyl/N-ethyl adjacent to an activating group) is 1. The van der Waals surface area contributed by atoms with Crippen LogP contribution in [0.3, 0.4) is 0 Å². The second-order valence-electron chi connectivity index (χ2n) is 38.0. The maximum atomic E-state index is 12.7. The number of fused-ring (bicyclic) bond motifs is 15. The Morgan fingerprint density at radius 1 is 0.434 bits per heavy atom. The van der Waals surface area contributed by atoms with E-state index < -0.39 is 0 Å². The van der Waals surface area contributed by atoms with Crippen LogP contribution in [0.1, 0.15) is 215 Å². The summed E-state index contributed by atoms with van der Waals surface area (Å²) in [6.45, 7) is 24.9. The van der Waals surface area contributed by atoms with Crippen LogP contribution in [0.4, 0.5) is 69.8 Å². The zero-order chi connectivity index (χ0) is 87.1. The monoisotopic (exact) mass is 1750 g/mol. The number of piperazine rings is 4. The van der Waals surface area contributed by atoms with Crippen molar-refractivity contribution >= 4 is 131 Å². The van der Waals surface area contributed by atoms with Crippen LogP contribution >= 0.6 is 11.3 Å². The van der Waals surface area contributed by atoms with E-state index in [4.69, 9.17) is 24.4 Å². The number of nitrogens with zero attached hydrogens (tertiary/aromatic N) is 18. The summed E-state index contributed by atoms with van der Waals surface area (Å²) in [6.07, 6.45) is 46.9. The Kier molecular flexibility index (Phi) is 23.9. The third-order valence-corrected chi connectivity index (χ3v) is 31.1. The molecule has 0 aromatic carbocycles. The summed E-state index contributed by atoms with van der Waals surface area (Å²) >= 11 is 1.58. The molecule has 30 heteroatoms. The largest absolute Gasteiger partial charge is 0.449 e. The number of rotatable bonds is 12. The Hall–Kier alpha value is -11.4. The minimum Gasteiger partial charge on any atom is -0.449 e. The van der Waals surface area contributed by atoms with Crippen LogP contribution < -0.4 is 62.1 Å². The van der Waals surface area contributed by atoms with Crippen molar-refractivity contribution in [1.29, 1.82) is 0 Å². The number of hydrogen-bond acceptors (Lipinski definition) is 29. The first-order valence-corrected chi connectivity index (χ1v) is 48.6. The van der Waals surface area contributed by atoms with Gasteiger partial charge in [-0.1, -0.05) is 95.8 Å². The van der Waals surface area contributed by atoms with Crippen molar-refractivity contribution in [2.75, 3.05) is 153 Å². The fourth-order valence-electron chi connectivity index (χ4n) is 23.4. The lowest BCUT2D eigenvalue weighted by Gasteiger charge is -2.46. The van der Waals surface area contributed by atoms with Crippen LogP contribution in [0.25, 0.3) is 37.9 Å². The van der Waals surface area contributed by atoms with Crippen LogP contribution in [0.15, 0.2) is 139 Å². The van der Waals surface area contributed by atoms with E-state index in [1.807, 2.05) is 67.6 Å². The second kappa shape index (κ2) is 36.5. The average Bonchev–Trinajstić information content (AvgIpc) is 1.62. The lowest BCUT2D eigenvalue weighted by molar-refractivity contribution is 0.0907. The second-order valence-corrected chi connectivity index (χ2v) is 39.1. The van der Waals surface area contributed by atoms with Gasteiger partial charge in [-0.2, -0.15) is 4.98 Å². The molecule has 13 aliphatic rings. The first-order valence-electron chi connectivity index (χ1n) is 47.7. The van der Waals surface area contributed by atoms with Crippen molar-refractivity contribution in [2.24, 2.45) is 5.41 Å². The van der Waals surface area contributed by atoms with Crippen molar-refractivity contribution in [2.45, 2.75) is 196 Å². The molecule has 0 atom stereocenters. The van der Waals surface area contributed by atoms with Crippen molar-refractivity contribution in [3.63, 3.8) is 0 Å². The molecule has 8 N–H and O–H groups in total. The molecule has 4 saturated carbocycles. The lowest BCUT2D eigenvalue weighted by atomic mass is 9.63. The summed E-state index contributed by atoms with van der Waals surface area (Å²) < 4.78 is 9.54. The minimum atomic E-state index is 0.0154. The first kappa shape index (κ1) is 84.4. The van der Waals surface area contributed by atoms with Gasteiger partial charge in [0.05, 0.1) is 80.7 Å². The molecule has 7 aliphatic carbocycles. The van der Waals surface area contributed by atoms with Gasteiger partial charge < -0.3 is 76.0 Å². The number of nitrogens with one attached hydrogen (secondary N) is 8. The Labute approximate surface area is 758 Å². The van der Waals surface area contributed by atoms with Gasteiger partial charge in [0.2, 0.25) is 23.8 Å². The standard InChI is InChI=1S/C26H33N7.C25H31N7.C24H28N6O2.C24H28N6OS/c1-18-15-26(8-4-3-5-9-26)23-21(32(18)2)14-19-16-29-25(31-24(19)23)30-22-7-6-20(17-28-22)33-12-10-27-11-13-33;1-18-13-21-14-19-16-28-24(30-23(19)32(21)25(15-18)7-3-2-4-8-25)29-22-6-5-20(17-27-22)31-11-9-26-10-12-31;2*31-17-6-9-24(7-2-1-3-8-24)20-21-18(32-22(17)20)15-27-23(29-21)28-19-5-4-16(14-26-19)30-12-10-25-11-13-30/h6-7,16-17,27H,1,3-5,8-15H2,2H3,(H,28,29,30,31);5-6,14,16-17,26H,1-4,7-13,15H2,(H,27,28,29,30);2*4-5,14-15,25H,1-3,6-13H2,(H,26,27,28,29). The molecule has 24 rings (SSSR count). The summed E-state index contributed by atoms with van der Waals surface area (Å²) in [5.74, 6) is 6.12. The number of allylic oxidation sites excluding steroid dienone is 4. The number of thiophene rings is 1. The molecule has 0 unspecified atom stereocenters. The molecule has 0 bridgehead atoms. The fraction of sp³-hybridized carbons (Fsp3) is 0.495. The van der Waals surface area contributed by atoms with E-state index in [9.17, 15) is 9.59 Å². The maximum Gasteiger partial charge on any atom is 0.230 e. The van der Waals surface area contributed by atoms with Gasteiger partial charge >= 0.3 is 0 Å². The van der Waals surface area contributed by atoms with Crippen LogP contribution in [-0.4, -0.2) is 193 Å². The number of Topliss-reactive ketones (excluding diaryl/α,β-unsaturated/α-hetero) is 2. The molecule has 6 aliphatic heterocycles. The summed E-state index contributed by atoms with van der Waals surface area (Å²) in [6, 6.07) is 18.7. The summed E-state index contributed by atoms with van der Waals surface area (Å²) in [5, 5.41) is 27.8. The predicted molar refractivity (Wildman–Crippen MR) is 512 cm³/mol. The van der Waals surface area contributed by atoms with E-state index in [1.165, 1.54) is 155 Å². The summed E-state index contributed by atoms with van der Waals surface area (Å²) in [4.78, 5) is 94.4. The van der Waals surface area contributed by atoms with Crippen LogP contribution in [0, 0.1) is 5.41 Å². The highest BCUT2D eigenvalue weighted by atomic mass is 32.1. The summed E-state index contributed by atoms with van der Waals surface area (Å²) in [7, 11) is 2.16. The molecule has 29 nitrogen and oxygen atoms in total. The Bertz CT molecular complexity index is 5790. The highest BCUT2D eigenvalue weighted by Gasteiger charge is 2.49. The topological polar surface area (TPSA) is 319 Å². The van der Waals surface area contributed by atoms with Crippen molar-refractivity contribution in [1.82, 2.24) is 90.5 Å². The highest BCUT2D eigenvalue weighted by Crippen LogP contribution is 2.59. The highest BCUT2D eigenvalue weighted by molar-refractivity contribution is 7.21. The quantitative estimate of drug-likeness (QED) is 0.0527. The molecule has 4 spiro atoms. The fourth-order valence-corrected chi connectivity index (χ4v) is 24.6. The lowest BCUT2D eigenvalue weighted by Crippen LogP contribution is -2.43. The first-order chi connectivity index (χ1) is 63.3. The van der Waals surface area contributed by atoms with E-state index in [0.29, 0.717) is 53.8 Å². The van der Waals surface area contributed by atoms with E-state index in [-0.39, 0.29) is 33.4 Å². The van der Waals surface area contributed by atoms with Crippen molar-refractivity contribution in [3.8, 4) is 0 Å². The van der Waals surface area contributed by atoms with Gasteiger partial charge in [0.25, 0.3) is 0 Å². The van der Waals surface area contributed by atoms with E-state index >= 15 is 0 Å². The zero-order valence-corrected chi connectivity index (χ0v) is 75.3. The van der Waals surface area contributed by atoms with Crippen LogP contribution in [-0.2, 0) is 29.2 Å². The number of carbonyl (C=O) groups excluding carboxylic acids is 2. The van der Waals surface area contributed by atoms with Gasteiger partial charge in [0.15, 0.2) is 22.9 Å². The number of furan rings is 1. The van der Waals surface area contributed by atoms with Crippen LogP contribution in [0.5, 0.6) is 0 Å². The zero-order valence-electron chi connectivity index (χ0n) is 74.5. The van der Waals surface area contributed by atoms with E-state index in [0.717, 1.165) is 239 Å². The van der Waals surface area contributed by atoms with Gasteiger partial charge in [-0.25, -0.2) is 54.8 Å². The molecular formula is C99H120N26O3S. The molecule has 0 radical (unpaired) electrons. The van der Waals surface area contributed by atoms with Gasteiger partial charge in [0.1, 0.15) is 34.4 Å². The van der Waals surface area contributed by atoms with Gasteiger partial charge in [-0.05, 0) is 137 Å². The molecule has 11 aromatic heterocycles. The van der Waals surface area contributed by atoms with Gasteiger partial charge in [-0.3, -0.25) is 9.59 Å². The Morgan fingerprint density at radius 3 is 1.38 bits per heavy atom. The normalized spacial score (nSPS) is 20.9. The molecule has 0 amide bonds. The maximum absolute atomic E-state index is 12.7. The van der Waals surface area contributed by atoms with Gasteiger partial charge in [-0.15, -0.1) is 11.3 Å². The molecule has 129 heavy (non-hydrogen) atoms.